The van der Waals surface area contributed by atoms with Crippen LogP contribution in [0, 0.1) is 0 Å². The van der Waals surface area contributed by atoms with Crippen molar-refractivity contribution in [3.8, 4) is 0 Å². The Morgan fingerprint density at radius 3 is 2.68 bits per heavy atom. The highest BCUT2D eigenvalue weighted by atomic mass is 32.1. The van der Waals surface area contributed by atoms with E-state index in [0.29, 0.717) is 5.92 Å². The molecule has 0 unspecified atom stereocenters. The van der Waals surface area contributed by atoms with Gasteiger partial charge in [0.05, 0.1) is 17.9 Å². The smallest absolute Gasteiger partial charge is 0.109 e. The summed E-state index contributed by atoms with van der Waals surface area (Å²) in [6, 6.07) is 5.75. The summed E-state index contributed by atoms with van der Waals surface area (Å²) in [6.07, 6.45) is 3.21. The van der Waals surface area contributed by atoms with Crippen molar-refractivity contribution in [2.75, 3.05) is 13.1 Å². The molecule has 0 aromatic carbocycles. The van der Waals surface area contributed by atoms with E-state index in [1.807, 2.05) is 18.2 Å². The maximum Gasteiger partial charge on any atom is 0.109 e. The summed E-state index contributed by atoms with van der Waals surface area (Å²) in [5.74, 6) is 0.487. The van der Waals surface area contributed by atoms with Gasteiger partial charge in [0.2, 0.25) is 0 Å². The summed E-state index contributed by atoms with van der Waals surface area (Å²) in [5.41, 5.74) is 1.21. The van der Waals surface area contributed by atoms with Crippen LogP contribution >= 0.6 is 11.3 Å². The maximum absolute atomic E-state index is 10.8. The van der Waals surface area contributed by atoms with Crippen LogP contribution in [0.15, 0.2) is 29.8 Å². The first-order chi connectivity index (χ1) is 10.6. The largest absolute Gasteiger partial charge is 0.383 e. The summed E-state index contributed by atoms with van der Waals surface area (Å²) >= 11 is 1.74. The lowest BCUT2D eigenvalue weighted by Crippen LogP contribution is -2.42. The average molecular weight is 317 g/mol. The Hall–Kier alpha value is -1.30. The van der Waals surface area contributed by atoms with E-state index in [9.17, 15) is 5.11 Å². The topological polar surface area (TPSA) is 49.2 Å². The fourth-order valence-corrected chi connectivity index (χ4v) is 3.83. The van der Waals surface area contributed by atoms with Crippen molar-refractivity contribution in [3.05, 3.63) is 46.2 Å². The third-order valence-electron chi connectivity index (χ3n) is 4.34. The summed E-state index contributed by atoms with van der Waals surface area (Å²) in [4.78, 5) is 11.4. The molecule has 0 atom stereocenters. The first-order valence-corrected chi connectivity index (χ1v) is 8.75. The molecule has 5 heteroatoms. The Balaban J connectivity index is 1.59. The van der Waals surface area contributed by atoms with E-state index in [1.54, 1.807) is 17.5 Å². The van der Waals surface area contributed by atoms with E-state index >= 15 is 0 Å². The third-order valence-corrected chi connectivity index (χ3v) is 5.20. The van der Waals surface area contributed by atoms with Crippen LogP contribution in [-0.2, 0) is 12.1 Å². The SMILES string of the molecule is CC(C)c1csc(CN2CCC(O)(c3ccccn3)CC2)n1. The van der Waals surface area contributed by atoms with Gasteiger partial charge >= 0.3 is 0 Å². The van der Waals surface area contributed by atoms with Crippen LogP contribution in [0.2, 0.25) is 0 Å². The molecule has 0 radical (unpaired) electrons. The van der Waals surface area contributed by atoms with Crippen molar-refractivity contribution in [3.63, 3.8) is 0 Å². The summed E-state index contributed by atoms with van der Waals surface area (Å²) in [5, 5.41) is 14.1. The van der Waals surface area contributed by atoms with Gasteiger partial charge < -0.3 is 5.11 Å². The molecule has 118 valence electrons. The van der Waals surface area contributed by atoms with Crippen LogP contribution in [0.5, 0.6) is 0 Å². The molecular formula is C17H23N3OS. The number of thiazole rings is 1. The molecule has 0 bridgehead atoms. The Labute approximate surface area is 135 Å². The first-order valence-electron chi connectivity index (χ1n) is 7.87. The zero-order valence-corrected chi connectivity index (χ0v) is 14.0. The summed E-state index contributed by atoms with van der Waals surface area (Å²) in [6.45, 7) is 6.99. The number of aliphatic hydroxyl groups is 1. The predicted molar refractivity (Wildman–Crippen MR) is 88.8 cm³/mol. The van der Waals surface area contributed by atoms with Crippen LogP contribution in [0.25, 0.3) is 0 Å². The zero-order valence-electron chi connectivity index (χ0n) is 13.2. The van der Waals surface area contributed by atoms with Crippen molar-refractivity contribution in [1.82, 2.24) is 14.9 Å². The number of hydrogen-bond acceptors (Lipinski definition) is 5. The molecule has 1 saturated heterocycles. The standard InChI is InChI=1S/C17H23N3OS/c1-13(2)14-12-22-16(19-14)11-20-9-6-17(21,7-10-20)15-5-3-4-8-18-15/h3-5,8,12-13,21H,6-7,9-11H2,1-2H3. The van der Waals surface area contributed by atoms with E-state index in [1.165, 1.54) is 10.7 Å². The molecule has 22 heavy (non-hydrogen) atoms. The number of nitrogens with zero attached hydrogens (tertiary/aromatic N) is 3. The molecule has 0 aliphatic carbocycles. The second-order valence-corrected chi connectivity index (χ2v) is 7.29. The number of piperidine rings is 1. The number of rotatable bonds is 4. The molecule has 1 fully saturated rings. The number of hydrogen-bond donors (Lipinski definition) is 1. The highest BCUT2D eigenvalue weighted by Crippen LogP contribution is 2.32. The fourth-order valence-electron chi connectivity index (χ4n) is 2.83. The lowest BCUT2D eigenvalue weighted by Gasteiger charge is -2.37. The first kappa shape index (κ1) is 15.6. The second-order valence-electron chi connectivity index (χ2n) is 6.34. The van der Waals surface area contributed by atoms with Crippen molar-refractivity contribution >= 4 is 11.3 Å². The predicted octanol–water partition coefficient (Wildman–Crippen LogP) is 3.15. The Kier molecular flexibility index (Phi) is 4.57. The van der Waals surface area contributed by atoms with Crippen LogP contribution < -0.4 is 0 Å². The van der Waals surface area contributed by atoms with E-state index < -0.39 is 5.60 Å². The Bertz CT molecular complexity index is 603. The molecule has 2 aromatic rings. The minimum absolute atomic E-state index is 0.487. The molecule has 0 spiro atoms. The second kappa shape index (κ2) is 6.44. The molecule has 1 aliphatic heterocycles. The van der Waals surface area contributed by atoms with Crippen molar-refractivity contribution in [2.24, 2.45) is 0 Å². The van der Waals surface area contributed by atoms with Crippen molar-refractivity contribution in [2.45, 2.75) is 44.8 Å². The molecule has 4 nitrogen and oxygen atoms in total. The van der Waals surface area contributed by atoms with E-state index in [-0.39, 0.29) is 0 Å². The molecule has 2 aromatic heterocycles. The molecular weight excluding hydrogens is 294 g/mol. The van der Waals surface area contributed by atoms with Gasteiger partial charge in [-0.1, -0.05) is 19.9 Å². The van der Waals surface area contributed by atoms with Crippen LogP contribution in [0.3, 0.4) is 0 Å². The molecule has 1 aliphatic rings. The monoisotopic (exact) mass is 317 g/mol. The lowest BCUT2D eigenvalue weighted by atomic mass is 9.88. The van der Waals surface area contributed by atoms with E-state index in [0.717, 1.165) is 38.2 Å². The number of pyridine rings is 1. The van der Waals surface area contributed by atoms with Crippen molar-refractivity contribution < 1.29 is 5.11 Å². The minimum atomic E-state index is -0.774. The minimum Gasteiger partial charge on any atom is -0.383 e. The lowest BCUT2D eigenvalue weighted by molar-refractivity contribution is -0.0311. The van der Waals surface area contributed by atoms with Crippen molar-refractivity contribution in [1.29, 1.82) is 0 Å². The van der Waals surface area contributed by atoms with Gasteiger partial charge in [-0.2, -0.15) is 0 Å². The van der Waals surface area contributed by atoms with Gasteiger partial charge in [0, 0.05) is 24.7 Å². The Morgan fingerprint density at radius 2 is 2.09 bits per heavy atom. The highest BCUT2D eigenvalue weighted by molar-refractivity contribution is 7.09. The number of aromatic nitrogens is 2. The highest BCUT2D eigenvalue weighted by Gasteiger charge is 2.35. The molecule has 0 saturated carbocycles. The summed E-state index contributed by atoms with van der Waals surface area (Å²) < 4.78 is 0. The summed E-state index contributed by atoms with van der Waals surface area (Å²) in [7, 11) is 0. The van der Waals surface area contributed by atoms with Gasteiger partial charge in [-0.25, -0.2) is 4.98 Å². The van der Waals surface area contributed by atoms with Gasteiger partial charge in [-0.15, -0.1) is 11.3 Å². The maximum atomic E-state index is 10.8. The third kappa shape index (κ3) is 3.37. The molecule has 1 N–H and O–H groups in total. The van der Waals surface area contributed by atoms with Gasteiger partial charge in [0.15, 0.2) is 0 Å². The van der Waals surface area contributed by atoms with Crippen LogP contribution in [-0.4, -0.2) is 33.1 Å². The van der Waals surface area contributed by atoms with Gasteiger partial charge in [-0.05, 0) is 30.9 Å². The molecule has 0 amide bonds. The van der Waals surface area contributed by atoms with Gasteiger partial charge in [-0.3, -0.25) is 9.88 Å². The van der Waals surface area contributed by atoms with Gasteiger partial charge in [0.1, 0.15) is 10.6 Å². The molecule has 3 heterocycles. The quantitative estimate of drug-likeness (QED) is 0.941. The van der Waals surface area contributed by atoms with Crippen LogP contribution in [0.1, 0.15) is 49.0 Å². The van der Waals surface area contributed by atoms with E-state index in [2.05, 4.69) is 29.1 Å². The molecule has 3 rings (SSSR count). The Morgan fingerprint density at radius 1 is 1.32 bits per heavy atom. The average Bonchev–Trinajstić information content (AvgIpc) is 3.00. The number of likely N-dealkylation sites (tertiary alicyclic amines) is 1. The van der Waals surface area contributed by atoms with E-state index in [4.69, 9.17) is 4.98 Å². The van der Waals surface area contributed by atoms with Crippen LogP contribution in [0.4, 0.5) is 0 Å². The zero-order chi connectivity index (χ0) is 15.6. The van der Waals surface area contributed by atoms with Gasteiger partial charge in [0.25, 0.3) is 0 Å². The fraction of sp³-hybridized carbons (Fsp3) is 0.529. The normalized spacial score (nSPS) is 18.7.